The van der Waals surface area contributed by atoms with Gasteiger partial charge in [-0.1, -0.05) is 37.1 Å². The van der Waals surface area contributed by atoms with Gasteiger partial charge in [-0.25, -0.2) is 0 Å². The van der Waals surface area contributed by atoms with Crippen molar-refractivity contribution in [3.63, 3.8) is 0 Å². The van der Waals surface area contributed by atoms with Crippen LogP contribution in [0.3, 0.4) is 0 Å². The van der Waals surface area contributed by atoms with Crippen LogP contribution in [0.2, 0.25) is 0 Å². The van der Waals surface area contributed by atoms with Gasteiger partial charge >= 0.3 is 0 Å². The maximum Gasteiger partial charge on any atom is 0.119 e. The molecule has 212 valence electrons. The number of fused-ring (bicyclic) bond motifs is 1. The second kappa shape index (κ2) is 12.6. The summed E-state index contributed by atoms with van der Waals surface area (Å²) in [6.07, 6.45) is 10.9. The molecule has 5 heteroatoms. The number of hydrogen-bond donors (Lipinski definition) is 2. The Kier molecular flexibility index (Phi) is 8.48. The van der Waals surface area contributed by atoms with Crippen molar-refractivity contribution in [2.75, 3.05) is 37.7 Å². The molecule has 2 fully saturated rings. The smallest absolute Gasteiger partial charge is 0.119 e. The van der Waals surface area contributed by atoms with Crippen molar-refractivity contribution in [3.8, 4) is 17.2 Å². The Balaban J connectivity index is 1.15. The van der Waals surface area contributed by atoms with Crippen LogP contribution in [0.15, 0.2) is 60.7 Å². The number of rotatable bonds is 10. The maximum atomic E-state index is 10.5. The average Bonchev–Trinajstić information content (AvgIpc) is 3.81. The van der Waals surface area contributed by atoms with E-state index in [1.165, 1.54) is 73.9 Å². The second-order valence-electron chi connectivity index (χ2n) is 12.2. The first-order chi connectivity index (χ1) is 19.6. The first-order valence-corrected chi connectivity index (χ1v) is 15.4. The van der Waals surface area contributed by atoms with Crippen LogP contribution in [0.1, 0.15) is 73.1 Å². The summed E-state index contributed by atoms with van der Waals surface area (Å²) in [6, 6.07) is 20.4. The first-order valence-electron chi connectivity index (χ1n) is 15.4. The lowest BCUT2D eigenvalue weighted by atomic mass is 9.79. The number of likely N-dealkylation sites (tertiary alicyclic amines) is 1. The fourth-order valence-electron chi connectivity index (χ4n) is 6.58. The quantitative estimate of drug-likeness (QED) is 0.289. The van der Waals surface area contributed by atoms with Crippen LogP contribution >= 0.6 is 0 Å². The summed E-state index contributed by atoms with van der Waals surface area (Å²) in [7, 11) is 0. The standard InChI is InChI=1S/C35H44N2O3/c38-31-12-11-28-21-30(10-9-29(28)22-31)34-16-13-32(39)23-35(34)37(24-26-5-6-26)25-27-7-14-33(15-8-27)40-20-19-36-17-3-1-2-4-18-36/h7-8,11-16,22-23,26,30,38-39H,1-6,9-10,17-21,24-25H2. The fourth-order valence-corrected chi connectivity index (χ4v) is 6.58. The number of benzene rings is 3. The van der Waals surface area contributed by atoms with Gasteiger partial charge in [0.1, 0.15) is 23.9 Å². The molecule has 2 aliphatic carbocycles. The van der Waals surface area contributed by atoms with E-state index < -0.39 is 0 Å². The molecule has 1 atom stereocenters. The number of phenolic OH excluding ortho intramolecular Hbond substituents is 2. The predicted molar refractivity (Wildman–Crippen MR) is 162 cm³/mol. The SMILES string of the molecule is Oc1ccc2c(c1)CCC(c1ccc(O)cc1N(Cc1ccc(OCCN3CCCCCC3)cc1)CC1CC1)C2. The highest BCUT2D eigenvalue weighted by atomic mass is 16.5. The molecule has 6 rings (SSSR count). The first kappa shape index (κ1) is 27.0. The largest absolute Gasteiger partial charge is 0.508 e. The van der Waals surface area contributed by atoms with E-state index in [-0.39, 0.29) is 0 Å². The van der Waals surface area contributed by atoms with Crippen LogP contribution in [-0.2, 0) is 19.4 Å². The molecule has 2 N–H and O–H groups in total. The molecule has 1 aliphatic heterocycles. The minimum Gasteiger partial charge on any atom is -0.508 e. The number of aromatic hydroxyl groups is 2. The van der Waals surface area contributed by atoms with Gasteiger partial charge in [-0.15, -0.1) is 0 Å². The molecular formula is C35H44N2O3. The lowest BCUT2D eigenvalue weighted by molar-refractivity contribution is 0.214. The van der Waals surface area contributed by atoms with Gasteiger partial charge in [0, 0.05) is 31.4 Å². The van der Waals surface area contributed by atoms with Crippen LogP contribution in [0.5, 0.6) is 17.2 Å². The Hall–Kier alpha value is -3.18. The molecular weight excluding hydrogens is 496 g/mol. The summed E-state index contributed by atoms with van der Waals surface area (Å²) in [5, 5.41) is 20.5. The third-order valence-corrected chi connectivity index (χ3v) is 9.06. The maximum absolute atomic E-state index is 10.5. The molecule has 0 bridgehead atoms. The Morgan fingerprint density at radius 2 is 1.55 bits per heavy atom. The zero-order valence-electron chi connectivity index (χ0n) is 23.7. The van der Waals surface area contributed by atoms with Crippen LogP contribution in [0.25, 0.3) is 0 Å². The van der Waals surface area contributed by atoms with Gasteiger partial charge < -0.3 is 19.8 Å². The van der Waals surface area contributed by atoms with E-state index in [9.17, 15) is 10.2 Å². The van der Waals surface area contributed by atoms with E-state index in [1.807, 2.05) is 18.2 Å². The number of nitrogens with zero attached hydrogens (tertiary/aromatic N) is 2. The summed E-state index contributed by atoms with van der Waals surface area (Å²) < 4.78 is 6.12. The number of hydrogen-bond acceptors (Lipinski definition) is 5. The highest BCUT2D eigenvalue weighted by Crippen LogP contribution is 2.41. The summed E-state index contributed by atoms with van der Waals surface area (Å²) in [5.74, 6) is 2.75. The van der Waals surface area contributed by atoms with E-state index in [2.05, 4.69) is 46.2 Å². The normalized spacial score (nSPS) is 19.6. The van der Waals surface area contributed by atoms with Crippen LogP contribution in [0, 0.1) is 5.92 Å². The Bertz CT molecular complexity index is 1260. The molecule has 0 amide bonds. The summed E-state index contributed by atoms with van der Waals surface area (Å²) in [6.45, 7) is 5.98. The Morgan fingerprint density at radius 3 is 2.33 bits per heavy atom. The van der Waals surface area contributed by atoms with E-state index in [0.29, 0.717) is 17.4 Å². The Morgan fingerprint density at radius 1 is 0.800 bits per heavy atom. The summed E-state index contributed by atoms with van der Waals surface area (Å²) in [4.78, 5) is 5.03. The molecule has 1 heterocycles. The molecule has 0 spiro atoms. The van der Waals surface area contributed by atoms with Gasteiger partial charge in [0.05, 0.1) is 0 Å². The zero-order valence-corrected chi connectivity index (χ0v) is 23.7. The molecule has 1 saturated heterocycles. The summed E-state index contributed by atoms with van der Waals surface area (Å²) in [5.41, 5.74) is 6.34. The van der Waals surface area contributed by atoms with E-state index in [4.69, 9.17) is 4.74 Å². The van der Waals surface area contributed by atoms with Crippen LogP contribution in [-0.4, -0.2) is 47.9 Å². The predicted octanol–water partition coefficient (Wildman–Crippen LogP) is 7.04. The van der Waals surface area contributed by atoms with Gasteiger partial charge in [0.25, 0.3) is 0 Å². The number of aryl methyl sites for hydroxylation is 1. The number of phenols is 2. The molecule has 5 nitrogen and oxygen atoms in total. The number of ether oxygens (including phenoxy) is 1. The molecule has 1 unspecified atom stereocenters. The third-order valence-electron chi connectivity index (χ3n) is 9.06. The lowest BCUT2D eigenvalue weighted by Crippen LogP contribution is -2.29. The van der Waals surface area contributed by atoms with E-state index in [1.54, 1.807) is 6.07 Å². The van der Waals surface area contributed by atoms with Crippen molar-refractivity contribution >= 4 is 5.69 Å². The van der Waals surface area contributed by atoms with Crippen molar-refractivity contribution in [2.24, 2.45) is 5.92 Å². The van der Waals surface area contributed by atoms with Crippen molar-refractivity contribution < 1.29 is 14.9 Å². The minimum atomic E-state index is 0.328. The van der Waals surface area contributed by atoms with Crippen molar-refractivity contribution in [1.82, 2.24) is 4.90 Å². The fraction of sp³-hybridized carbons (Fsp3) is 0.486. The highest BCUT2D eigenvalue weighted by molar-refractivity contribution is 5.60. The van der Waals surface area contributed by atoms with Gasteiger partial charge in [0.2, 0.25) is 0 Å². The van der Waals surface area contributed by atoms with E-state index >= 15 is 0 Å². The van der Waals surface area contributed by atoms with Gasteiger partial charge in [-0.3, -0.25) is 4.90 Å². The van der Waals surface area contributed by atoms with Gasteiger partial charge in [-0.05, 0) is 122 Å². The monoisotopic (exact) mass is 540 g/mol. The number of anilines is 1. The van der Waals surface area contributed by atoms with Gasteiger partial charge in [0.15, 0.2) is 0 Å². The van der Waals surface area contributed by atoms with Crippen LogP contribution < -0.4 is 9.64 Å². The minimum absolute atomic E-state index is 0.328. The second-order valence-corrected chi connectivity index (χ2v) is 12.2. The highest BCUT2D eigenvalue weighted by Gasteiger charge is 2.29. The third kappa shape index (κ3) is 6.93. The Labute approximate surface area is 239 Å². The van der Waals surface area contributed by atoms with Crippen molar-refractivity contribution in [2.45, 2.75) is 70.3 Å². The van der Waals surface area contributed by atoms with E-state index in [0.717, 1.165) is 62.9 Å². The van der Waals surface area contributed by atoms with Crippen molar-refractivity contribution in [1.29, 1.82) is 0 Å². The van der Waals surface area contributed by atoms with Crippen LogP contribution in [0.4, 0.5) is 5.69 Å². The molecule has 1 saturated carbocycles. The average molecular weight is 541 g/mol. The molecule has 0 radical (unpaired) electrons. The topological polar surface area (TPSA) is 56.2 Å². The van der Waals surface area contributed by atoms with Crippen molar-refractivity contribution in [3.05, 3.63) is 82.9 Å². The molecule has 0 aromatic heterocycles. The summed E-state index contributed by atoms with van der Waals surface area (Å²) >= 11 is 0. The molecule has 3 aliphatic rings. The lowest BCUT2D eigenvalue weighted by Gasteiger charge is -2.32. The zero-order chi connectivity index (χ0) is 27.3. The van der Waals surface area contributed by atoms with Gasteiger partial charge in [-0.2, -0.15) is 0 Å². The molecule has 3 aromatic rings. The molecule has 40 heavy (non-hydrogen) atoms. The molecule has 3 aromatic carbocycles.